The fourth-order valence-corrected chi connectivity index (χ4v) is 2.48. The third kappa shape index (κ3) is 2.82. The summed E-state index contributed by atoms with van der Waals surface area (Å²) in [6.07, 6.45) is 1.57. The smallest absolute Gasteiger partial charge is 0.141 e. The van der Waals surface area contributed by atoms with Gasteiger partial charge in [-0.1, -0.05) is 18.2 Å². The van der Waals surface area contributed by atoms with Gasteiger partial charge >= 0.3 is 0 Å². The molecule has 2 rings (SSSR count). The molecule has 4 heteroatoms. The second kappa shape index (κ2) is 5.67. The van der Waals surface area contributed by atoms with Gasteiger partial charge in [-0.3, -0.25) is 0 Å². The molecule has 1 aromatic carbocycles. The average Bonchev–Trinajstić information content (AvgIpc) is 2.71. The molecule has 0 aromatic heterocycles. The first-order valence-corrected chi connectivity index (χ1v) is 6.31. The second-order valence-electron chi connectivity index (χ2n) is 4.81. The number of halogens is 1. The van der Waals surface area contributed by atoms with E-state index in [0.29, 0.717) is 37.4 Å². The Morgan fingerprint density at radius 2 is 2.17 bits per heavy atom. The van der Waals surface area contributed by atoms with Crippen molar-refractivity contribution in [1.29, 1.82) is 0 Å². The van der Waals surface area contributed by atoms with Crippen LogP contribution in [0.3, 0.4) is 0 Å². The Balaban J connectivity index is 2.16. The molecule has 2 N–H and O–H groups in total. The van der Waals surface area contributed by atoms with Gasteiger partial charge in [-0.05, 0) is 18.9 Å². The molecule has 2 unspecified atom stereocenters. The number of nitrogens with two attached hydrogens (primary N) is 1. The van der Waals surface area contributed by atoms with Crippen LogP contribution in [-0.4, -0.2) is 26.4 Å². The number of benzene rings is 1. The molecule has 0 aliphatic heterocycles. The summed E-state index contributed by atoms with van der Waals surface area (Å²) in [6, 6.07) is 7.23. The molecular formula is C14H20FNO2. The molecule has 1 aliphatic rings. The number of ether oxygens (including phenoxy) is 2. The van der Waals surface area contributed by atoms with Crippen LogP contribution < -0.4 is 10.5 Å². The van der Waals surface area contributed by atoms with Crippen molar-refractivity contribution in [3.63, 3.8) is 0 Å². The number of para-hydroxylation sites is 1. The number of rotatable bonds is 5. The molecule has 0 bridgehead atoms. The number of alkyl halides is 1. The Bertz CT molecular complexity index is 399. The fraction of sp³-hybridized carbons (Fsp3) is 0.571. The summed E-state index contributed by atoms with van der Waals surface area (Å²) in [5.74, 6) is 0.603. The summed E-state index contributed by atoms with van der Waals surface area (Å²) in [4.78, 5) is 0. The van der Waals surface area contributed by atoms with Crippen LogP contribution in [0.5, 0.6) is 5.75 Å². The van der Waals surface area contributed by atoms with Crippen LogP contribution in [0.25, 0.3) is 0 Å². The standard InChI is InChI=1S/C14H20FNO2/c1-17-8-9-18-13-5-3-2-4-12(13)14(15)7-6-11(16)10-14/h2-5,11H,6-10,16H2,1H3. The highest BCUT2D eigenvalue weighted by Gasteiger charge is 2.41. The maximum absolute atomic E-state index is 14.9. The molecule has 1 aromatic rings. The van der Waals surface area contributed by atoms with Crippen molar-refractivity contribution in [2.75, 3.05) is 20.3 Å². The minimum Gasteiger partial charge on any atom is -0.491 e. The lowest BCUT2D eigenvalue weighted by atomic mass is 9.93. The third-order valence-electron chi connectivity index (χ3n) is 3.41. The predicted octanol–water partition coefficient (Wildman–Crippen LogP) is 2.39. The second-order valence-corrected chi connectivity index (χ2v) is 4.81. The summed E-state index contributed by atoms with van der Waals surface area (Å²) in [6.45, 7) is 0.919. The fourth-order valence-electron chi connectivity index (χ4n) is 2.48. The van der Waals surface area contributed by atoms with E-state index < -0.39 is 5.67 Å². The van der Waals surface area contributed by atoms with Crippen molar-refractivity contribution in [1.82, 2.24) is 0 Å². The highest BCUT2D eigenvalue weighted by Crippen LogP contribution is 2.45. The van der Waals surface area contributed by atoms with Crippen LogP contribution >= 0.6 is 0 Å². The van der Waals surface area contributed by atoms with Crippen molar-refractivity contribution < 1.29 is 13.9 Å². The van der Waals surface area contributed by atoms with E-state index >= 15 is 0 Å². The molecule has 0 amide bonds. The molecule has 2 atom stereocenters. The molecule has 0 heterocycles. The monoisotopic (exact) mass is 253 g/mol. The highest BCUT2D eigenvalue weighted by molar-refractivity contribution is 5.39. The zero-order chi connectivity index (χ0) is 13.0. The van der Waals surface area contributed by atoms with Gasteiger partial charge in [0.1, 0.15) is 18.0 Å². The molecule has 1 fully saturated rings. The molecule has 0 spiro atoms. The summed E-state index contributed by atoms with van der Waals surface area (Å²) in [5, 5.41) is 0. The molecule has 0 saturated heterocycles. The van der Waals surface area contributed by atoms with Crippen LogP contribution in [0, 0.1) is 0 Å². The van der Waals surface area contributed by atoms with E-state index in [-0.39, 0.29) is 6.04 Å². The van der Waals surface area contributed by atoms with Crippen LogP contribution in [0.2, 0.25) is 0 Å². The maximum atomic E-state index is 14.9. The first-order chi connectivity index (χ1) is 8.65. The van der Waals surface area contributed by atoms with Crippen LogP contribution in [0.4, 0.5) is 4.39 Å². The van der Waals surface area contributed by atoms with E-state index in [1.807, 2.05) is 12.1 Å². The van der Waals surface area contributed by atoms with Gasteiger partial charge in [-0.25, -0.2) is 4.39 Å². The summed E-state index contributed by atoms with van der Waals surface area (Å²) in [7, 11) is 1.61. The van der Waals surface area contributed by atoms with E-state index in [9.17, 15) is 4.39 Å². The number of hydrogen-bond acceptors (Lipinski definition) is 3. The van der Waals surface area contributed by atoms with E-state index in [1.54, 1.807) is 19.2 Å². The van der Waals surface area contributed by atoms with Crippen molar-refractivity contribution in [3.05, 3.63) is 29.8 Å². The molecule has 18 heavy (non-hydrogen) atoms. The first-order valence-electron chi connectivity index (χ1n) is 6.31. The van der Waals surface area contributed by atoms with E-state index in [2.05, 4.69) is 0 Å². The summed E-state index contributed by atoms with van der Waals surface area (Å²) >= 11 is 0. The van der Waals surface area contributed by atoms with Crippen molar-refractivity contribution in [2.24, 2.45) is 5.73 Å². The van der Waals surface area contributed by atoms with Gasteiger partial charge in [0.15, 0.2) is 0 Å². The number of methoxy groups -OCH3 is 1. The number of hydrogen-bond donors (Lipinski definition) is 1. The van der Waals surface area contributed by atoms with Crippen molar-refractivity contribution in [2.45, 2.75) is 31.0 Å². The molecule has 0 radical (unpaired) electrons. The van der Waals surface area contributed by atoms with Crippen molar-refractivity contribution in [3.8, 4) is 5.75 Å². The molecule has 3 nitrogen and oxygen atoms in total. The topological polar surface area (TPSA) is 44.5 Å². The maximum Gasteiger partial charge on any atom is 0.141 e. The lowest BCUT2D eigenvalue weighted by Crippen LogP contribution is -2.22. The van der Waals surface area contributed by atoms with Crippen molar-refractivity contribution >= 4 is 0 Å². The first kappa shape index (κ1) is 13.3. The summed E-state index contributed by atoms with van der Waals surface area (Å²) < 4.78 is 25.4. The highest BCUT2D eigenvalue weighted by atomic mass is 19.1. The van der Waals surface area contributed by atoms with Gasteiger partial charge in [0.2, 0.25) is 0 Å². The Labute approximate surface area is 107 Å². The molecule has 1 saturated carbocycles. The van der Waals surface area contributed by atoms with Crippen LogP contribution in [0.1, 0.15) is 24.8 Å². The van der Waals surface area contributed by atoms with Gasteiger partial charge in [0, 0.05) is 25.1 Å². The lowest BCUT2D eigenvalue weighted by Gasteiger charge is -2.23. The van der Waals surface area contributed by atoms with Crippen LogP contribution in [-0.2, 0) is 10.4 Å². The predicted molar refractivity (Wildman–Crippen MR) is 68.4 cm³/mol. The van der Waals surface area contributed by atoms with Gasteiger partial charge in [0.05, 0.1) is 6.61 Å². The molecule has 100 valence electrons. The third-order valence-corrected chi connectivity index (χ3v) is 3.41. The SMILES string of the molecule is COCCOc1ccccc1C1(F)CCC(N)C1. The summed E-state index contributed by atoms with van der Waals surface area (Å²) in [5.41, 5.74) is 5.09. The normalized spacial score (nSPS) is 27.4. The minimum atomic E-state index is -1.34. The average molecular weight is 253 g/mol. The van der Waals surface area contributed by atoms with Crippen LogP contribution in [0.15, 0.2) is 24.3 Å². The lowest BCUT2D eigenvalue weighted by molar-refractivity contribution is 0.135. The Hall–Kier alpha value is -1.13. The zero-order valence-electron chi connectivity index (χ0n) is 10.7. The van der Waals surface area contributed by atoms with Gasteiger partial charge < -0.3 is 15.2 Å². The van der Waals surface area contributed by atoms with Gasteiger partial charge in [-0.2, -0.15) is 0 Å². The quantitative estimate of drug-likeness (QED) is 0.819. The van der Waals surface area contributed by atoms with E-state index in [0.717, 1.165) is 6.42 Å². The Kier molecular flexibility index (Phi) is 4.19. The Morgan fingerprint density at radius 3 is 2.83 bits per heavy atom. The van der Waals surface area contributed by atoms with Gasteiger partial charge in [-0.15, -0.1) is 0 Å². The zero-order valence-corrected chi connectivity index (χ0v) is 10.7. The Morgan fingerprint density at radius 1 is 1.39 bits per heavy atom. The van der Waals surface area contributed by atoms with E-state index in [4.69, 9.17) is 15.2 Å². The van der Waals surface area contributed by atoms with E-state index in [1.165, 1.54) is 0 Å². The molecular weight excluding hydrogens is 233 g/mol. The van der Waals surface area contributed by atoms with Gasteiger partial charge in [0.25, 0.3) is 0 Å². The largest absolute Gasteiger partial charge is 0.491 e. The minimum absolute atomic E-state index is 0.0537. The molecule has 1 aliphatic carbocycles.